The van der Waals surface area contributed by atoms with Crippen LogP contribution in [0.5, 0.6) is 0 Å². The molecule has 1 heterocycles. The highest BCUT2D eigenvalue weighted by Crippen LogP contribution is 2.15. The first-order chi connectivity index (χ1) is 9.86. The summed E-state index contributed by atoms with van der Waals surface area (Å²) in [7, 11) is 0. The maximum Gasteiger partial charge on any atom is 0.123 e. The van der Waals surface area contributed by atoms with Crippen molar-refractivity contribution in [2.24, 2.45) is 0 Å². The lowest BCUT2D eigenvalue weighted by molar-refractivity contribution is 0.132. The largest absolute Gasteiger partial charge is 0.381 e. The van der Waals surface area contributed by atoms with Gasteiger partial charge in [0.05, 0.1) is 17.6 Å². The topological polar surface area (TPSA) is 39.1 Å². The van der Waals surface area contributed by atoms with Gasteiger partial charge in [0.15, 0.2) is 0 Å². The fraction of sp³-hybridized carbons (Fsp3) is 0.562. The van der Waals surface area contributed by atoms with Crippen LogP contribution < -0.4 is 5.32 Å². The summed E-state index contributed by atoms with van der Waals surface area (Å²) >= 11 is 0. The predicted molar refractivity (Wildman–Crippen MR) is 82.8 cm³/mol. The average Bonchev–Trinajstić information content (AvgIpc) is 2.83. The van der Waals surface area contributed by atoms with Crippen LogP contribution in [0.15, 0.2) is 24.3 Å². The Kier molecular flexibility index (Phi) is 6.02. The van der Waals surface area contributed by atoms with Crippen LogP contribution in [0.25, 0.3) is 11.0 Å². The molecule has 0 unspecified atom stereocenters. The van der Waals surface area contributed by atoms with Gasteiger partial charge in [-0.15, -0.1) is 0 Å². The van der Waals surface area contributed by atoms with Crippen molar-refractivity contribution in [1.29, 1.82) is 0 Å². The van der Waals surface area contributed by atoms with E-state index in [0.29, 0.717) is 0 Å². The smallest absolute Gasteiger partial charge is 0.123 e. The highest BCUT2D eigenvalue weighted by Gasteiger charge is 2.07. The highest BCUT2D eigenvalue weighted by atomic mass is 16.5. The van der Waals surface area contributed by atoms with Gasteiger partial charge in [0.25, 0.3) is 0 Å². The van der Waals surface area contributed by atoms with Gasteiger partial charge in [-0.25, -0.2) is 4.98 Å². The summed E-state index contributed by atoms with van der Waals surface area (Å²) in [6.07, 6.45) is 2.14. The number of hydrogen-bond donors (Lipinski definition) is 1. The summed E-state index contributed by atoms with van der Waals surface area (Å²) in [5.74, 6) is 1.11. The van der Waals surface area contributed by atoms with E-state index in [9.17, 15) is 0 Å². The lowest BCUT2D eigenvalue weighted by atomic mass is 10.3. The predicted octanol–water partition coefficient (Wildman–Crippen LogP) is 2.96. The molecule has 0 fully saturated rings. The molecule has 4 heteroatoms. The van der Waals surface area contributed by atoms with E-state index in [1.807, 2.05) is 6.07 Å². The lowest BCUT2D eigenvalue weighted by Gasteiger charge is -2.07. The second-order valence-corrected chi connectivity index (χ2v) is 4.90. The van der Waals surface area contributed by atoms with E-state index in [0.717, 1.165) is 57.0 Å². The summed E-state index contributed by atoms with van der Waals surface area (Å²) < 4.78 is 7.74. The van der Waals surface area contributed by atoms with Crippen LogP contribution in [0.2, 0.25) is 0 Å². The average molecular weight is 275 g/mol. The van der Waals surface area contributed by atoms with Gasteiger partial charge in [-0.2, -0.15) is 0 Å². The summed E-state index contributed by atoms with van der Waals surface area (Å²) in [4.78, 5) is 4.70. The third-order valence-electron chi connectivity index (χ3n) is 3.32. The first-order valence-electron chi connectivity index (χ1n) is 7.59. The summed E-state index contributed by atoms with van der Waals surface area (Å²) in [5, 5.41) is 3.45. The number of rotatable bonds is 9. The highest BCUT2D eigenvalue weighted by molar-refractivity contribution is 5.75. The van der Waals surface area contributed by atoms with Crippen LogP contribution in [0, 0.1) is 0 Å². The van der Waals surface area contributed by atoms with Crippen molar-refractivity contribution in [3.05, 3.63) is 30.1 Å². The molecule has 20 heavy (non-hydrogen) atoms. The number of aromatic nitrogens is 2. The number of hydrogen-bond acceptors (Lipinski definition) is 3. The summed E-state index contributed by atoms with van der Waals surface area (Å²) in [6, 6.07) is 8.31. The normalized spacial score (nSPS) is 11.3. The van der Waals surface area contributed by atoms with Crippen LogP contribution in [-0.4, -0.2) is 29.3 Å². The Morgan fingerprint density at radius 1 is 1.20 bits per heavy atom. The van der Waals surface area contributed by atoms with E-state index < -0.39 is 0 Å². The lowest BCUT2D eigenvalue weighted by Crippen LogP contribution is -2.19. The zero-order valence-corrected chi connectivity index (χ0v) is 12.6. The minimum atomic E-state index is 0.816. The Bertz CT molecular complexity index is 521. The number of aryl methyl sites for hydroxylation is 1. The molecule has 0 bridgehead atoms. The van der Waals surface area contributed by atoms with E-state index >= 15 is 0 Å². The summed E-state index contributed by atoms with van der Waals surface area (Å²) in [6.45, 7) is 8.74. The van der Waals surface area contributed by atoms with Gasteiger partial charge >= 0.3 is 0 Å². The molecule has 0 aliphatic carbocycles. The fourth-order valence-electron chi connectivity index (χ4n) is 2.36. The number of fused-ring (bicyclic) bond motifs is 1. The SMILES string of the molecule is CCCOCCCNCc1nc2ccccc2n1CC. The molecule has 0 spiro atoms. The second-order valence-electron chi connectivity index (χ2n) is 4.90. The Labute approximate surface area is 121 Å². The minimum absolute atomic E-state index is 0.816. The molecule has 2 aromatic rings. The van der Waals surface area contributed by atoms with Crippen LogP contribution in [0.3, 0.4) is 0 Å². The van der Waals surface area contributed by atoms with Gasteiger partial charge in [-0.1, -0.05) is 19.1 Å². The zero-order chi connectivity index (χ0) is 14.2. The standard InChI is InChI=1S/C16H25N3O/c1-3-11-20-12-7-10-17-13-16-18-14-8-5-6-9-15(14)19(16)4-2/h5-6,8-9,17H,3-4,7,10-13H2,1-2H3. The molecule has 0 saturated heterocycles. The second kappa shape index (κ2) is 8.02. The molecule has 4 nitrogen and oxygen atoms in total. The number of nitrogens with one attached hydrogen (secondary N) is 1. The minimum Gasteiger partial charge on any atom is -0.381 e. The van der Waals surface area contributed by atoms with Crippen LogP contribution >= 0.6 is 0 Å². The molecular formula is C16H25N3O. The van der Waals surface area contributed by atoms with Crippen molar-refractivity contribution < 1.29 is 4.74 Å². The third kappa shape index (κ3) is 3.81. The molecule has 1 aromatic heterocycles. The zero-order valence-electron chi connectivity index (χ0n) is 12.6. The Hall–Kier alpha value is -1.39. The van der Waals surface area contributed by atoms with Gasteiger partial charge in [0.2, 0.25) is 0 Å². The number of ether oxygens (including phenoxy) is 1. The monoisotopic (exact) mass is 275 g/mol. The van der Waals surface area contributed by atoms with Crippen molar-refractivity contribution in [3.63, 3.8) is 0 Å². The number of para-hydroxylation sites is 2. The maximum atomic E-state index is 5.47. The maximum absolute atomic E-state index is 5.47. The Morgan fingerprint density at radius 3 is 2.85 bits per heavy atom. The molecule has 110 valence electrons. The molecule has 0 radical (unpaired) electrons. The van der Waals surface area contributed by atoms with Crippen molar-refractivity contribution in [2.45, 2.75) is 39.8 Å². The van der Waals surface area contributed by atoms with Crippen LogP contribution in [-0.2, 0) is 17.8 Å². The Balaban J connectivity index is 1.83. The molecule has 1 aromatic carbocycles. The Morgan fingerprint density at radius 2 is 2.05 bits per heavy atom. The van der Waals surface area contributed by atoms with Gasteiger partial charge in [-0.3, -0.25) is 0 Å². The molecule has 0 saturated carbocycles. The number of imidazole rings is 1. The van der Waals surface area contributed by atoms with E-state index in [1.54, 1.807) is 0 Å². The molecule has 0 aliphatic rings. The summed E-state index contributed by atoms with van der Waals surface area (Å²) in [5.41, 5.74) is 2.30. The van der Waals surface area contributed by atoms with E-state index in [1.165, 1.54) is 5.52 Å². The van der Waals surface area contributed by atoms with Gasteiger partial charge < -0.3 is 14.6 Å². The molecule has 1 N–H and O–H groups in total. The van der Waals surface area contributed by atoms with Gasteiger partial charge in [0.1, 0.15) is 5.82 Å². The molecule has 0 atom stereocenters. The first kappa shape index (κ1) is 15.0. The fourth-order valence-corrected chi connectivity index (χ4v) is 2.36. The van der Waals surface area contributed by atoms with Crippen LogP contribution in [0.1, 0.15) is 32.5 Å². The van der Waals surface area contributed by atoms with Gasteiger partial charge in [-0.05, 0) is 38.4 Å². The number of nitrogens with zero attached hydrogens (tertiary/aromatic N) is 2. The van der Waals surface area contributed by atoms with Crippen molar-refractivity contribution in [1.82, 2.24) is 14.9 Å². The quantitative estimate of drug-likeness (QED) is 0.715. The van der Waals surface area contributed by atoms with E-state index in [2.05, 4.69) is 41.9 Å². The molecule has 0 aliphatic heterocycles. The van der Waals surface area contributed by atoms with Crippen molar-refractivity contribution in [2.75, 3.05) is 19.8 Å². The van der Waals surface area contributed by atoms with Crippen molar-refractivity contribution >= 4 is 11.0 Å². The van der Waals surface area contributed by atoms with E-state index in [-0.39, 0.29) is 0 Å². The van der Waals surface area contributed by atoms with Gasteiger partial charge in [0, 0.05) is 19.8 Å². The number of benzene rings is 1. The molecule has 2 rings (SSSR count). The third-order valence-corrected chi connectivity index (χ3v) is 3.32. The first-order valence-corrected chi connectivity index (χ1v) is 7.59. The molecular weight excluding hydrogens is 250 g/mol. The van der Waals surface area contributed by atoms with E-state index in [4.69, 9.17) is 9.72 Å². The van der Waals surface area contributed by atoms with Crippen LogP contribution in [0.4, 0.5) is 0 Å². The molecule has 0 amide bonds. The van der Waals surface area contributed by atoms with Crippen molar-refractivity contribution in [3.8, 4) is 0 Å².